The van der Waals surface area contributed by atoms with Gasteiger partial charge < -0.3 is 5.32 Å². The van der Waals surface area contributed by atoms with Crippen LogP contribution in [0.3, 0.4) is 0 Å². The van der Waals surface area contributed by atoms with E-state index in [0.29, 0.717) is 13.1 Å². The van der Waals surface area contributed by atoms with E-state index in [1.165, 1.54) is 0 Å². The summed E-state index contributed by atoms with van der Waals surface area (Å²) in [5.74, 6) is -0.479. The topological polar surface area (TPSA) is 15.3 Å². The van der Waals surface area contributed by atoms with Crippen LogP contribution < -0.4 is 5.32 Å². The summed E-state index contributed by atoms with van der Waals surface area (Å²) in [4.78, 5) is 2.09. The fourth-order valence-corrected chi connectivity index (χ4v) is 2.99. The van der Waals surface area contributed by atoms with E-state index in [0.717, 1.165) is 37.7 Å². The highest BCUT2D eigenvalue weighted by atomic mass is 35.5. The van der Waals surface area contributed by atoms with Gasteiger partial charge in [0.15, 0.2) is 0 Å². The van der Waals surface area contributed by atoms with E-state index in [2.05, 4.69) is 10.2 Å². The van der Waals surface area contributed by atoms with E-state index < -0.39 is 17.6 Å². The van der Waals surface area contributed by atoms with Crippen molar-refractivity contribution in [1.29, 1.82) is 0 Å². The molecule has 0 saturated carbocycles. The molecule has 2 nitrogen and oxygen atoms in total. The highest BCUT2D eigenvalue weighted by Gasteiger charge is 2.34. The standard InChI is InChI=1S/C16H22F4N2.2ClH/c1-3-11(2)15(22-8-6-21-7-9-22)13-10-12(16(18,19)20)4-5-14(13)17;;/h4-5,10-11,15,21H,3,6-9H2,1-2H3;2*1H/t11?,15-;;/m1../s1. The second-order valence-corrected chi connectivity index (χ2v) is 5.85. The summed E-state index contributed by atoms with van der Waals surface area (Å²) in [6.07, 6.45) is -3.67. The van der Waals surface area contributed by atoms with Gasteiger partial charge in [-0.05, 0) is 24.1 Å². The highest BCUT2D eigenvalue weighted by Crippen LogP contribution is 2.37. The van der Waals surface area contributed by atoms with Crippen LogP contribution in [0.2, 0.25) is 0 Å². The monoisotopic (exact) mass is 390 g/mol. The van der Waals surface area contributed by atoms with Crippen LogP contribution in [0.1, 0.15) is 37.4 Å². The molecule has 0 radical (unpaired) electrons. The summed E-state index contributed by atoms with van der Waals surface area (Å²) in [5.41, 5.74) is -0.626. The Morgan fingerprint density at radius 1 is 1.17 bits per heavy atom. The van der Waals surface area contributed by atoms with Crippen LogP contribution in [0, 0.1) is 11.7 Å². The maximum atomic E-state index is 14.2. The Labute approximate surface area is 152 Å². The van der Waals surface area contributed by atoms with Crippen LogP contribution in [-0.4, -0.2) is 31.1 Å². The van der Waals surface area contributed by atoms with Gasteiger partial charge in [0.2, 0.25) is 0 Å². The van der Waals surface area contributed by atoms with Crippen LogP contribution in [-0.2, 0) is 6.18 Å². The highest BCUT2D eigenvalue weighted by molar-refractivity contribution is 5.85. The molecule has 1 aromatic rings. The van der Waals surface area contributed by atoms with Crippen molar-refractivity contribution in [3.8, 4) is 0 Å². The van der Waals surface area contributed by atoms with Crippen molar-refractivity contribution in [2.45, 2.75) is 32.5 Å². The minimum Gasteiger partial charge on any atom is -0.314 e. The maximum absolute atomic E-state index is 14.2. The summed E-state index contributed by atoms with van der Waals surface area (Å²) >= 11 is 0. The molecule has 1 saturated heterocycles. The molecule has 1 fully saturated rings. The number of nitrogens with zero attached hydrogens (tertiary/aromatic N) is 1. The lowest BCUT2D eigenvalue weighted by molar-refractivity contribution is -0.137. The summed E-state index contributed by atoms with van der Waals surface area (Å²) in [6.45, 7) is 6.91. The zero-order chi connectivity index (χ0) is 16.3. The summed E-state index contributed by atoms with van der Waals surface area (Å²) < 4.78 is 53.1. The lowest BCUT2D eigenvalue weighted by Crippen LogP contribution is -2.46. The van der Waals surface area contributed by atoms with Crippen LogP contribution in [0.4, 0.5) is 17.6 Å². The lowest BCUT2D eigenvalue weighted by Gasteiger charge is -2.38. The molecule has 1 aliphatic heterocycles. The molecule has 1 aromatic carbocycles. The van der Waals surface area contributed by atoms with E-state index in [-0.39, 0.29) is 42.3 Å². The van der Waals surface area contributed by atoms with Crippen LogP contribution in [0.25, 0.3) is 0 Å². The van der Waals surface area contributed by atoms with E-state index in [4.69, 9.17) is 0 Å². The number of hydrogen-bond acceptors (Lipinski definition) is 2. The molecule has 140 valence electrons. The SMILES string of the molecule is CCC(C)[C@H](c1cc(C(F)(F)F)ccc1F)N1CCNCC1.Cl.Cl. The molecule has 8 heteroatoms. The van der Waals surface area contributed by atoms with Gasteiger partial charge in [-0.25, -0.2) is 4.39 Å². The lowest BCUT2D eigenvalue weighted by atomic mass is 9.89. The Morgan fingerprint density at radius 2 is 1.75 bits per heavy atom. The molecule has 1 N–H and O–H groups in total. The Bertz CT molecular complexity index is 505. The van der Waals surface area contributed by atoms with Crippen molar-refractivity contribution in [3.05, 3.63) is 35.1 Å². The number of alkyl halides is 3. The summed E-state index contributed by atoms with van der Waals surface area (Å²) in [7, 11) is 0. The van der Waals surface area contributed by atoms with E-state index in [1.807, 2.05) is 13.8 Å². The first-order valence-corrected chi connectivity index (χ1v) is 7.66. The minimum absolute atomic E-state index is 0. The molecular formula is C16H24Cl2F4N2. The fraction of sp³-hybridized carbons (Fsp3) is 0.625. The Balaban J connectivity index is 0.00000264. The third kappa shape index (κ3) is 5.48. The third-order valence-electron chi connectivity index (χ3n) is 4.37. The normalized spacial score (nSPS) is 18.2. The number of hydrogen-bond donors (Lipinski definition) is 1. The fourth-order valence-electron chi connectivity index (χ4n) is 2.99. The Kier molecular flexibility index (Phi) is 9.57. The summed E-state index contributed by atoms with van der Waals surface area (Å²) in [6, 6.07) is 2.41. The van der Waals surface area contributed by atoms with Crippen LogP contribution in [0.15, 0.2) is 18.2 Å². The van der Waals surface area contributed by atoms with Gasteiger partial charge in [-0.1, -0.05) is 20.3 Å². The van der Waals surface area contributed by atoms with Gasteiger partial charge in [-0.3, -0.25) is 4.90 Å². The largest absolute Gasteiger partial charge is 0.416 e. The molecule has 0 aromatic heterocycles. The third-order valence-corrected chi connectivity index (χ3v) is 4.37. The molecule has 2 atom stereocenters. The van der Waals surface area contributed by atoms with Gasteiger partial charge in [0.25, 0.3) is 0 Å². The maximum Gasteiger partial charge on any atom is 0.416 e. The Hall–Kier alpha value is -0.560. The molecule has 0 bridgehead atoms. The van der Waals surface area contributed by atoms with E-state index in [1.54, 1.807) is 0 Å². The van der Waals surface area contributed by atoms with Crippen LogP contribution >= 0.6 is 24.8 Å². The zero-order valence-corrected chi connectivity index (χ0v) is 15.3. The average molecular weight is 391 g/mol. The molecule has 1 aliphatic rings. The van der Waals surface area contributed by atoms with Crippen molar-refractivity contribution >= 4 is 24.8 Å². The zero-order valence-electron chi connectivity index (χ0n) is 13.7. The smallest absolute Gasteiger partial charge is 0.314 e. The molecular weight excluding hydrogens is 367 g/mol. The molecule has 0 amide bonds. The van der Waals surface area contributed by atoms with Crippen molar-refractivity contribution in [2.24, 2.45) is 5.92 Å². The quantitative estimate of drug-likeness (QED) is 0.750. The van der Waals surface area contributed by atoms with Crippen LogP contribution in [0.5, 0.6) is 0 Å². The number of halogens is 6. The predicted molar refractivity (Wildman–Crippen MR) is 92.5 cm³/mol. The summed E-state index contributed by atoms with van der Waals surface area (Å²) in [5, 5.41) is 3.21. The van der Waals surface area contributed by atoms with Crippen molar-refractivity contribution in [2.75, 3.05) is 26.2 Å². The van der Waals surface area contributed by atoms with E-state index in [9.17, 15) is 17.6 Å². The van der Waals surface area contributed by atoms with Crippen molar-refractivity contribution < 1.29 is 17.6 Å². The molecule has 1 unspecified atom stereocenters. The van der Waals surface area contributed by atoms with Crippen molar-refractivity contribution in [1.82, 2.24) is 10.2 Å². The molecule has 2 rings (SSSR count). The van der Waals surface area contributed by atoms with Gasteiger partial charge in [0.1, 0.15) is 5.82 Å². The molecule has 24 heavy (non-hydrogen) atoms. The number of benzene rings is 1. The molecule has 1 heterocycles. The number of rotatable bonds is 4. The predicted octanol–water partition coefficient (Wildman–Crippen LogP) is 4.68. The Morgan fingerprint density at radius 3 is 2.25 bits per heavy atom. The van der Waals surface area contributed by atoms with Gasteiger partial charge in [-0.2, -0.15) is 13.2 Å². The average Bonchev–Trinajstić information content (AvgIpc) is 2.49. The van der Waals surface area contributed by atoms with E-state index >= 15 is 0 Å². The number of piperazine rings is 1. The second-order valence-electron chi connectivity index (χ2n) is 5.85. The van der Waals surface area contributed by atoms with Gasteiger partial charge in [0.05, 0.1) is 5.56 Å². The first-order chi connectivity index (χ1) is 10.3. The molecule has 0 spiro atoms. The number of nitrogens with one attached hydrogen (secondary N) is 1. The van der Waals surface area contributed by atoms with Crippen molar-refractivity contribution in [3.63, 3.8) is 0 Å². The van der Waals surface area contributed by atoms with Gasteiger partial charge in [0, 0.05) is 37.8 Å². The minimum atomic E-state index is -4.45. The first kappa shape index (κ1) is 23.4. The second kappa shape index (κ2) is 9.80. The van der Waals surface area contributed by atoms with Gasteiger partial charge in [-0.15, -0.1) is 24.8 Å². The molecule has 0 aliphatic carbocycles. The first-order valence-electron chi connectivity index (χ1n) is 7.66. The van der Waals surface area contributed by atoms with Gasteiger partial charge >= 0.3 is 6.18 Å².